The maximum atomic E-state index is 12.1. The number of Topliss-reactive ketones (excluding diaryl/α,β-unsaturated/α-hetero) is 1. The van der Waals surface area contributed by atoms with Gasteiger partial charge in [-0.15, -0.1) is 0 Å². The molecular weight excluding hydrogens is 230 g/mol. The smallest absolute Gasteiger partial charge is 0.229 e. The number of ketones is 1. The van der Waals surface area contributed by atoms with Crippen LogP contribution >= 0.6 is 0 Å². The number of carbonyl (C=O) groups excluding carboxylic acids is 2. The molecule has 0 radical (unpaired) electrons. The molecule has 1 aliphatic carbocycles. The molecule has 0 saturated carbocycles. The summed E-state index contributed by atoms with van der Waals surface area (Å²) in [5.41, 5.74) is 1.93. The lowest BCUT2D eigenvalue weighted by molar-refractivity contribution is -0.114. The predicted octanol–water partition coefficient (Wildman–Crippen LogP) is 1.90. The van der Waals surface area contributed by atoms with E-state index in [0.717, 1.165) is 12.1 Å². The molecule has 0 bridgehead atoms. The van der Waals surface area contributed by atoms with Crippen LogP contribution in [0.3, 0.4) is 0 Å². The second-order valence-electron chi connectivity index (χ2n) is 5.58. The highest BCUT2D eigenvalue weighted by molar-refractivity contribution is 5.99. The van der Waals surface area contributed by atoms with Crippen LogP contribution in [0.1, 0.15) is 48.9 Å². The Morgan fingerprint density at radius 1 is 1.28 bits per heavy atom. The van der Waals surface area contributed by atoms with Crippen LogP contribution in [0.4, 0.5) is 5.95 Å². The minimum absolute atomic E-state index is 0.0850. The number of rotatable bonds is 1. The van der Waals surface area contributed by atoms with E-state index in [0.29, 0.717) is 17.7 Å². The number of hydrogen-bond acceptors (Lipinski definition) is 4. The molecule has 1 aliphatic rings. The summed E-state index contributed by atoms with van der Waals surface area (Å²) in [7, 11) is 0. The number of nitrogens with one attached hydrogen (secondary N) is 1. The van der Waals surface area contributed by atoms with E-state index in [4.69, 9.17) is 0 Å². The third-order valence-electron chi connectivity index (χ3n) is 3.02. The summed E-state index contributed by atoms with van der Waals surface area (Å²) in [4.78, 5) is 31.6. The normalized spacial score (nSPS) is 17.2. The van der Waals surface area contributed by atoms with Crippen molar-refractivity contribution >= 4 is 17.6 Å². The summed E-state index contributed by atoms with van der Waals surface area (Å²) in [5.74, 6) is 0.160. The Morgan fingerprint density at radius 3 is 2.56 bits per heavy atom. The Morgan fingerprint density at radius 2 is 1.94 bits per heavy atom. The van der Waals surface area contributed by atoms with Crippen LogP contribution in [-0.4, -0.2) is 21.7 Å². The molecule has 5 heteroatoms. The SMILES string of the molecule is CC(=O)Nc1nc(C)c2c(n1)CC(C)(C)CC2=O. The average Bonchev–Trinajstić information content (AvgIpc) is 2.11. The summed E-state index contributed by atoms with van der Waals surface area (Å²) in [6.45, 7) is 7.28. The molecule has 18 heavy (non-hydrogen) atoms. The fraction of sp³-hybridized carbons (Fsp3) is 0.538. The molecule has 0 aromatic carbocycles. The van der Waals surface area contributed by atoms with Gasteiger partial charge in [0.15, 0.2) is 5.78 Å². The van der Waals surface area contributed by atoms with Gasteiger partial charge in [0, 0.05) is 13.3 Å². The third kappa shape index (κ3) is 2.39. The summed E-state index contributed by atoms with van der Waals surface area (Å²) >= 11 is 0. The van der Waals surface area contributed by atoms with Crippen molar-refractivity contribution in [2.24, 2.45) is 5.41 Å². The number of nitrogens with zero attached hydrogens (tertiary/aromatic N) is 2. The summed E-state index contributed by atoms with van der Waals surface area (Å²) in [5, 5.41) is 2.57. The van der Waals surface area contributed by atoms with E-state index >= 15 is 0 Å². The lowest BCUT2D eigenvalue weighted by Gasteiger charge is -2.30. The Balaban J connectivity index is 2.49. The lowest BCUT2D eigenvalue weighted by atomic mass is 9.75. The van der Waals surface area contributed by atoms with Gasteiger partial charge in [-0.2, -0.15) is 0 Å². The van der Waals surface area contributed by atoms with E-state index in [-0.39, 0.29) is 23.1 Å². The van der Waals surface area contributed by atoms with Crippen molar-refractivity contribution < 1.29 is 9.59 Å². The van der Waals surface area contributed by atoms with Crippen molar-refractivity contribution in [1.29, 1.82) is 0 Å². The van der Waals surface area contributed by atoms with E-state index in [2.05, 4.69) is 15.3 Å². The minimum atomic E-state index is -0.212. The lowest BCUT2D eigenvalue weighted by Crippen LogP contribution is -2.29. The molecule has 0 spiro atoms. The van der Waals surface area contributed by atoms with Crippen LogP contribution in [0.2, 0.25) is 0 Å². The molecule has 1 aromatic rings. The van der Waals surface area contributed by atoms with Gasteiger partial charge in [0.1, 0.15) is 0 Å². The van der Waals surface area contributed by atoms with Gasteiger partial charge >= 0.3 is 0 Å². The Bertz CT molecular complexity index is 535. The average molecular weight is 247 g/mol. The first-order chi connectivity index (χ1) is 8.28. The van der Waals surface area contributed by atoms with Gasteiger partial charge in [-0.05, 0) is 18.8 Å². The first kappa shape index (κ1) is 12.7. The number of carbonyl (C=O) groups is 2. The molecular formula is C13H17N3O2. The van der Waals surface area contributed by atoms with Crippen molar-refractivity contribution in [1.82, 2.24) is 9.97 Å². The number of fused-ring (bicyclic) bond motifs is 1. The number of aryl methyl sites for hydroxylation is 1. The van der Waals surface area contributed by atoms with Crippen molar-refractivity contribution in [3.63, 3.8) is 0 Å². The topological polar surface area (TPSA) is 72.0 Å². The summed E-state index contributed by atoms with van der Waals surface area (Å²) in [6, 6.07) is 0. The third-order valence-corrected chi connectivity index (χ3v) is 3.02. The largest absolute Gasteiger partial charge is 0.295 e. The van der Waals surface area contributed by atoms with Gasteiger partial charge in [-0.1, -0.05) is 13.8 Å². The molecule has 0 atom stereocenters. The standard InChI is InChI=1S/C13H17N3O2/c1-7-11-9(5-13(3,4)6-10(11)18)16-12(14-7)15-8(2)17/h5-6H2,1-4H3,(H,14,15,16,17). The van der Waals surface area contributed by atoms with Crippen molar-refractivity contribution in [2.45, 2.75) is 40.5 Å². The van der Waals surface area contributed by atoms with Gasteiger partial charge in [0.2, 0.25) is 11.9 Å². The summed E-state index contributed by atoms with van der Waals surface area (Å²) < 4.78 is 0. The number of aromatic nitrogens is 2. The molecule has 1 heterocycles. The molecule has 96 valence electrons. The molecule has 2 rings (SSSR count). The number of hydrogen-bond donors (Lipinski definition) is 1. The quantitative estimate of drug-likeness (QED) is 0.822. The fourth-order valence-corrected chi connectivity index (χ4v) is 2.38. The Labute approximate surface area is 106 Å². The van der Waals surface area contributed by atoms with E-state index in [1.807, 2.05) is 13.8 Å². The van der Waals surface area contributed by atoms with Crippen LogP contribution in [0.15, 0.2) is 0 Å². The van der Waals surface area contributed by atoms with Gasteiger partial charge in [0.25, 0.3) is 0 Å². The minimum Gasteiger partial charge on any atom is -0.295 e. The number of amides is 1. The molecule has 0 fully saturated rings. The molecule has 1 amide bonds. The highest BCUT2D eigenvalue weighted by atomic mass is 16.1. The second kappa shape index (κ2) is 4.15. The zero-order chi connectivity index (χ0) is 13.5. The number of anilines is 1. The van der Waals surface area contributed by atoms with Crippen molar-refractivity contribution in [3.8, 4) is 0 Å². The highest BCUT2D eigenvalue weighted by Gasteiger charge is 2.33. The van der Waals surface area contributed by atoms with Gasteiger partial charge in [0.05, 0.1) is 17.0 Å². The molecule has 5 nitrogen and oxygen atoms in total. The monoisotopic (exact) mass is 247 g/mol. The zero-order valence-corrected chi connectivity index (χ0v) is 11.1. The predicted molar refractivity (Wildman–Crippen MR) is 67.5 cm³/mol. The van der Waals surface area contributed by atoms with E-state index in [1.54, 1.807) is 6.92 Å². The highest BCUT2D eigenvalue weighted by Crippen LogP contribution is 2.34. The van der Waals surface area contributed by atoms with Crippen LogP contribution in [-0.2, 0) is 11.2 Å². The van der Waals surface area contributed by atoms with E-state index < -0.39 is 0 Å². The van der Waals surface area contributed by atoms with Crippen LogP contribution in [0, 0.1) is 12.3 Å². The van der Waals surface area contributed by atoms with E-state index in [9.17, 15) is 9.59 Å². The molecule has 0 saturated heterocycles. The van der Waals surface area contributed by atoms with Gasteiger partial charge in [-0.3, -0.25) is 14.9 Å². The van der Waals surface area contributed by atoms with Gasteiger partial charge < -0.3 is 0 Å². The maximum absolute atomic E-state index is 12.1. The van der Waals surface area contributed by atoms with Crippen LogP contribution in [0.25, 0.3) is 0 Å². The molecule has 1 N–H and O–H groups in total. The second-order valence-corrected chi connectivity index (χ2v) is 5.58. The van der Waals surface area contributed by atoms with Crippen molar-refractivity contribution in [3.05, 3.63) is 17.0 Å². The molecule has 0 aliphatic heterocycles. The summed E-state index contributed by atoms with van der Waals surface area (Å²) in [6.07, 6.45) is 1.24. The molecule has 0 unspecified atom stereocenters. The first-order valence-corrected chi connectivity index (χ1v) is 5.97. The molecule has 1 aromatic heterocycles. The first-order valence-electron chi connectivity index (χ1n) is 5.97. The van der Waals surface area contributed by atoms with E-state index in [1.165, 1.54) is 6.92 Å². The Hall–Kier alpha value is -1.78. The zero-order valence-electron chi connectivity index (χ0n) is 11.1. The van der Waals surface area contributed by atoms with Crippen molar-refractivity contribution in [2.75, 3.05) is 5.32 Å². The van der Waals surface area contributed by atoms with Crippen LogP contribution < -0.4 is 5.32 Å². The Kier molecular flexibility index (Phi) is 2.92. The van der Waals surface area contributed by atoms with Gasteiger partial charge in [-0.25, -0.2) is 9.97 Å². The van der Waals surface area contributed by atoms with Crippen LogP contribution in [0.5, 0.6) is 0 Å². The maximum Gasteiger partial charge on any atom is 0.229 e. The fourth-order valence-electron chi connectivity index (χ4n) is 2.38.